The first-order valence-electron chi connectivity index (χ1n) is 10.4. The zero-order valence-corrected chi connectivity index (χ0v) is 17.2. The van der Waals surface area contributed by atoms with E-state index in [1.165, 1.54) is 5.69 Å². The second kappa shape index (κ2) is 6.58. The molecule has 5 rings (SSSR count). The van der Waals surface area contributed by atoms with Gasteiger partial charge in [-0.15, -0.1) is 0 Å². The van der Waals surface area contributed by atoms with Crippen molar-refractivity contribution in [3.05, 3.63) is 24.2 Å². The highest BCUT2D eigenvalue weighted by Gasteiger charge is 2.33. The predicted molar refractivity (Wildman–Crippen MR) is 111 cm³/mol. The zero-order valence-electron chi connectivity index (χ0n) is 17.2. The average Bonchev–Trinajstić information content (AvgIpc) is 3.26. The van der Waals surface area contributed by atoms with E-state index in [4.69, 9.17) is 10.1 Å². The summed E-state index contributed by atoms with van der Waals surface area (Å²) in [7, 11) is 0. The van der Waals surface area contributed by atoms with Gasteiger partial charge in [0.15, 0.2) is 0 Å². The Morgan fingerprint density at radius 1 is 1.11 bits per heavy atom. The van der Waals surface area contributed by atoms with Crippen molar-refractivity contribution in [2.45, 2.75) is 65.2 Å². The number of hydrogen-bond donors (Lipinski definition) is 1. The highest BCUT2D eigenvalue weighted by atomic mass is 15.3. The maximum absolute atomic E-state index is 4.84. The standard InChI is InChI=1S/C21H29N7/c1-13(2)26-9-6-15(7-10-26)27-12-18-16(11-23-28(18)14(3)4)20-19-17(24-25-20)5-8-22-21(19)27/h5,8,11,13-15H,6-7,9-10,12H2,1-4H3,(H,24,25). The third kappa shape index (κ3) is 2.64. The summed E-state index contributed by atoms with van der Waals surface area (Å²) in [5.74, 6) is 1.07. The third-order valence-electron chi connectivity index (χ3n) is 6.36. The van der Waals surface area contributed by atoms with Crippen LogP contribution in [0.4, 0.5) is 5.82 Å². The molecule has 1 fully saturated rings. The summed E-state index contributed by atoms with van der Waals surface area (Å²) < 4.78 is 2.15. The van der Waals surface area contributed by atoms with Crippen LogP contribution in [0.15, 0.2) is 18.5 Å². The van der Waals surface area contributed by atoms with Gasteiger partial charge in [-0.05, 0) is 46.6 Å². The quantitative estimate of drug-likeness (QED) is 0.753. The van der Waals surface area contributed by atoms with Gasteiger partial charge in [0, 0.05) is 43.0 Å². The summed E-state index contributed by atoms with van der Waals surface area (Å²) in [5, 5.41) is 13.7. The number of nitrogens with zero attached hydrogens (tertiary/aromatic N) is 6. The maximum Gasteiger partial charge on any atom is 0.140 e. The number of likely N-dealkylation sites (tertiary alicyclic amines) is 1. The molecule has 2 aliphatic rings. The van der Waals surface area contributed by atoms with Crippen molar-refractivity contribution >= 4 is 16.7 Å². The Bertz CT molecular complexity index is 992. The fraction of sp³-hybridized carbons (Fsp3) is 0.571. The first-order valence-corrected chi connectivity index (χ1v) is 10.4. The third-order valence-corrected chi connectivity index (χ3v) is 6.36. The Hall–Kier alpha value is -2.41. The molecule has 0 saturated carbocycles. The van der Waals surface area contributed by atoms with Crippen molar-refractivity contribution < 1.29 is 0 Å². The van der Waals surface area contributed by atoms with Crippen LogP contribution in [0.3, 0.4) is 0 Å². The van der Waals surface area contributed by atoms with E-state index in [-0.39, 0.29) is 0 Å². The summed E-state index contributed by atoms with van der Waals surface area (Å²) >= 11 is 0. The van der Waals surface area contributed by atoms with Crippen LogP contribution in [0.2, 0.25) is 0 Å². The second-order valence-corrected chi connectivity index (χ2v) is 8.66. The number of H-pyrrole nitrogens is 1. The summed E-state index contributed by atoms with van der Waals surface area (Å²) in [4.78, 5) is 9.94. The number of pyridine rings is 1. The van der Waals surface area contributed by atoms with E-state index in [2.05, 4.69) is 52.4 Å². The minimum absolute atomic E-state index is 0.317. The van der Waals surface area contributed by atoms with E-state index >= 15 is 0 Å². The topological polar surface area (TPSA) is 65.9 Å². The number of nitrogens with one attached hydrogen (secondary N) is 1. The molecular formula is C21H29N7. The Labute approximate surface area is 165 Å². The van der Waals surface area contributed by atoms with Gasteiger partial charge in [-0.1, -0.05) is 0 Å². The van der Waals surface area contributed by atoms with Crippen molar-refractivity contribution in [1.29, 1.82) is 0 Å². The fourth-order valence-corrected chi connectivity index (χ4v) is 4.80. The molecule has 7 nitrogen and oxygen atoms in total. The number of fused-ring (bicyclic) bond motifs is 2. The van der Waals surface area contributed by atoms with Gasteiger partial charge in [0.1, 0.15) is 11.5 Å². The minimum atomic E-state index is 0.317. The van der Waals surface area contributed by atoms with Gasteiger partial charge in [-0.2, -0.15) is 10.2 Å². The van der Waals surface area contributed by atoms with E-state index in [9.17, 15) is 0 Å². The Morgan fingerprint density at radius 3 is 2.61 bits per heavy atom. The van der Waals surface area contributed by atoms with Crippen LogP contribution in [0.25, 0.3) is 22.2 Å². The van der Waals surface area contributed by atoms with Crippen LogP contribution < -0.4 is 4.90 Å². The van der Waals surface area contributed by atoms with Gasteiger partial charge in [0.05, 0.1) is 29.3 Å². The molecule has 0 atom stereocenters. The lowest BCUT2D eigenvalue weighted by Gasteiger charge is -2.40. The SMILES string of the molecule is CC(C)N1CCC(N2Cc3c(cnn3C(C)C)-c3n[nH]c4ccnc2c34)CC1. The molecule has 2 aliphatic heterocycles. The Kier molecular flexibility index (Phi) is 4.16. The van der Waals surface area contributed by atoms with Gasteiger partial charge >= 0.3 is 0 Å². The summed E-state index contributed by atoms with van der Waals surface area (Å²) in [5.41, 5.74) is 4.42. The predicted octanol–water partition coefficient (Wildman–Crippen LogP) is 3.60. The Balaban J connectivity index is 1.61. The molecule has 0 aliphatic carbocycles. The lowest BCUT2D eigenvalue weighted by atomic mass is 10.0. The number of aromatic nitrogens is 5. The van der Waals surface area contributed by atoms with Crippen molar-refractivity contribution in [3.8, 4) is 11.3 Å². The van der Waals surface area contributed by atoms with Crippen LogP contribution in [0.1, 0.15) is 52.3 Å². The molecule has 1 saturated heterocycles. The van der Waals surface area contributed by atoms with Gasteiger partial charge in [0.2, 0.25) is 0 Å². The van der Waals surface area contributed by atoms with Crippen LogP contribution >= 0.6 is 0 Å². The largest absolute Gasteiger partial charge is 0.347 e. The molecule has 148 valence electrons. The van der Waals surface area contributed by atoms with E-state index in [0.717, 1.165) is 60.5 Å². The molecule has 0 unspecified atom stereocenters. The molecule has 7 heteroatoms. The van der Waals surface area contributed by atoms with Crippen molar-refractivity contribution in [2.75, 3.05) is 18.0 Å². The molecule has 5 heterocycles. The lowest BCUT2D eigenvalue weighted by molar-refractivity contribution is 0.169. The molecular weight excluding hydrogens is 350 g/mol. The Morgan fingerprint density at radius 2 is 1.89 bits per heavy atom. The summed E-state index contributed by atoms with van der Waals surface area (Å²) in [6.45, 7) is 12.1. The first-order chi connectivity index (χ1) is 13.5. The molecule has 0 radical (unpaired) electrons. The molecule has 1 N–H and O–H groups in total. The van der Waals surface area contributed by atoms with Crippen LogP contribution in [0, 0.1) is 0 Å². The molecule has 0 aromatic carbocycles. The number of piperidine rings is 1. The van der Waals surface area contributed by atoms with E-state index in [0.29, 0.717) is 18.1 Å². The average molecular weight is 380 g/mol. The van der Waals surface area contributed by atoms with Gasteiger partial charge in [-0.25, -0.2) is 4.98 Å². The molecule has 0 amide bonds. The first kappa shape index (κ1) is 17.7. The second-order valence-electron chi connectivity index (χ2n) is 8.66. The van der Waals surface area contributed by atoms with Crippen LogP contribution in [0.5, 0.6) is 0 Å². The normalized spacial score (nSPS) is 18.3. The van der Waals surface area contributed by atoms with Crippen LogP contribution in [-0.2, 0) is 6.54 Å². The highest BCUT2D eigenvalue weighted by molar-refractivity contribution is 6.02. The summed E-state index contributed by atoms with van der Waals surface area (Å²) in [6, 6.07) is 3.43. The van der Waals surface area contributed by atoms with Gasteiger partial charge in [0.25, 0.3) is 0 Å². The number of rotatable bonds is 3. The smallest absolute Gasteiger partial charge is 0.140 e. The number of aromatic amines is 1. The van der Waals surface area contributed by atoms with E-state index in [1.54, 1.807) is 0 Å². The molecule has 28 heavy (non-hydrogen) atoms. The number of anilines is 1. The molecule has 0 bridgehead atoms. The van der Waals surface area contributed by atoms with Gasteiger partial charge < -0.3 is 9.80 Å². The summed E-state index contributed by atoms with van der Waals surface area (Å²) in [6.07, 6.45) is 6.20. The van der Waals surface area contributed by atoms with Crippen molar-refractivity contribution in [1.82, 2.24) is 29.9 Å². The van der Waals surface area contributed by atoms with Crippen molar-refractivity contribution in [2.24, 2.45) is 0 Å². The van der Waals surface area contributed by atoms with Gasteiger partial charge in [-0.3, -0.25) is 9.78 Å². The zero-order chi connectivity index (χ0) is 19.4. The van der Waals surface area contributed by atoms with E-state index in [1.807, 2.05) is 18.5 Å². The molecule has 3 aromatic rings. The monoisotopic (exact) mass is 379 g/mol. The fourth-order valence-electron chi connectivity index (χ4n) is 4.80. The maximum atomic E-state index is 4.84. The molecule has 3 aromatic heterocycles. The highest BCUT2D eigenvalue weighted by Crippen LogP contribution is 2.41. The lowest BCUT2D eigenvalue weighted by Crippen LogP contribution is -2.47. The number of hydrogen-bond acceptors (Lipinski definition) is 5. The van der Waals surface area contributed by atoms with Crippen LogP contribution in [-0.4, -0.2) is 55.0 Å². The molecule has 0 spiro atoms. The van der Waals surface area contributed by atoms with Crippen molar-refractivity contribution in [3.63, 3.8) is 0 Å². The van der Waals surface area contributed by atoms with E-state index < -0.39 is 0 Å². The minimum Gasteiger partial charge on any atom is -0.347 e.